The van der Waals surface area contributed by atoms with E-state index >= 15 is 0 Å². The summed E-state index contributed by atoms with van der Waals surface area (Å²) in [7, 11) is 0.714. The third-order valence-corrected chi connectivity index (χ3v) is 2.40. The fourth-order valence-corrected chi connectivity index (χ4v) is 1.51. The first kappa shape index (κ1) is 12.8. The minimum atomic E-state index is -4.10. The predicted octanol–water partition coefficient (Wildman–Crippen LogP) is 1.96. The first-order chi connectivity index (χ1) is 7.38. The standard InChI is InChI=1S/C9H10ClNO4S/c1-7(8-5-3-2-4-6-8)15-9(12)11-16(10,13)14/h2-7H,1H3,(H,11,12). The number of nitrogens with one attached hydrogen (secondary N) is 1. The molecule has 1 aromatic rings. The van der Waals surface area contributed by atoms with Crippen molar-refractivity contribution in [1.82, 2.24) is 4.72 Å². The maximum Gasteiger partial charge on any atom is 0.422 e. The van der Waals surface area contributed by atoms with Crippen molar-refractivity contribution in [1.29, 1.82) is 0 Å². The van der Waals surface area contributed by atoms with Gasteiger partial charge >= 0.3 is 15.3 Å². The summed E-state index contributed by atoms with van der Waals surface area (Å²) in [5.41, 5.74) is 0.754. The van der Waals surface area contributed by atoms with E-state index in [1.54, 1.807) is 31.2 Å². The van der Waals surface area contributed by atoms with Crippen LogP contribution in [-0.2, 0) is 14.0 Å². The van der Waals surface area contributed by atoms with Crippen LogP contribution in [0, 0.1) is 0 Å². The van der Waals surface area contributed by atoms with Gasteiger partial charge in [-0.05, 0) is 12.5 Å². The van der Waals surface area contributed by atoms with Crippen molar-refractivity contribution < 1.29 is 17.9 Å². The molecule has 0 saturated carbocycles. The molecule has 0 heterocycles. The van der Waals surface area contributed by atoms with Crippen LogP contribution < -0.4 is 4.72 Å². The molecular formula is C9H10ClNO4S. The summed E-state index contributed by atoms with van der Waals surface area (Å²) in [5, 5.41) is 0. The Bertz CT molecular complexity index is 460. The van der Waals surface area contributed by atoms with Gasteiger partial charge in [-0.2, -0.15) is 8.42 Å². The van der Waals surface area contributed by atoms with Gasteiger partial charge in [0.15, 0.2) is 0 Å². The highest BCUT2D eigenvalue weighted by molar-refractivity contribution is 8.12. The van der Waals surface area contributed by atoms with E-state index in [1.165, 1.54) is 4.72 Å². The van der Waals surface area contributed by atoms with Crippen LogP contribution in [0.25, 0.3) is 0 Å². The minimum Gasteiger partial charge on any atom is -0.441 e. The van der Waals surface area contributed by atoms with Crippen LogP contribution in [-0.4, -0.2) is 14.5 Å². The van der Waals surface area contributed by atoms with Crippen LogP contribution in [0.3, 0.4) is 0 Å². The zero-order chi connectivity index (χ0) is 12.2. The van der Waals surface area contributed by atoms with E-state index in [0.29, 0.717) is 0 Å². The van der Waals surface area contributed by atoms with E-state index in [2.05, 4.69) is 0 Å². The molecule has 1 rings (SSSR count). The predicted molar refractivity (Wildman–Crippen MR) is 59.2 cm³/mol. The normalized spacial score (nSPS) is 12.9. The Kier molecular flexibility index (Phi) is 4.14. The van der Waals surface area contributed by atoms with Crippen LogP contribution >= 0.6 is 10.7 Å². The van der Waals surface area contributed by atoms with E-state index in [4.69, 9.17) is 15.4 Å². The average Bonchev–Trinajstić information content (AvgIpc) is 2.16. The third-order valence-electron chi connectivity index (χ3n) is 1.76. The van der Waals surface area contributed by atoms with E-state index in [9.17, 15) is 13.2 Å². The lowest BCUT2D eigenvalue weighted by atomic mass is 10.1. The van der Waals surface area contributed by atoms with Crippen LogP contribution in [0.1, 0.15) is 18.6 Å². The second-order valence-electron chi connectivity index (χ2n) is 3.00. The Morgan fingerprint density at radius 2 is 1.94 bits per heavy atom. The molecule has 0 saturated heterocycles. The Hall–Kier alpha value is -1.27. The Morgan fingerprint density at radius 3 is 2.44 bits per heavy atom. The van der Waals surface area contributed by atoms with Crippen LogP contribution in [0.5, 0.6) is 0 Å². The fourth-order valence-electron chi connectivity index (χ4n) is 1.08. The number of rotatable bonds is 3. The minimum absolute atomic E-state index is 0.556. The van der Waals surface area contributed by atoms with E-state index in [0.717, 1.165) is 5.56 Å². The lowest BCUT2D eigenvalue weighted by Crippen LogP contribution is -2.28. The van der Waals surface area contributed by atoms with Gasteiger partial charge < -0.3 is 4.74 Å². The molecule has 0 spiro atoms. The summed E-state index contributed by atoms with van der Waals surface area (Å²) in [6, 6.07) is 8.90. The highest BCUT2D eigenvalue weighted by Crippen LogP contribution is 2.15. The van der Waals surface area contributed by atoms with Crippen molar-refractivity contribution in [2.45, 2.75) is 13.0 Å². The second kappa shape index (κ2) is 5.18. The molecule has 0 bridgehead atoms. The third kappa shape index (κ3) is 4.50. The molecule has 0 aliphatic rings. The molecule has 88 valence electrons. The molecule has 1 unspecified atom stereocenters. The topological polar surface area (TPSA) is 72.5 Å². The van der Waals surface area contributed by atoms with Crippen LogP contribution in [0.4, 0.5) is 4.79 Å². The zero-order valence-corrected chi connectivity index (χ0v) is 9.96. The lowest BCUT2D eigenvalue weighted by Gasteiger charge is -2.12. The van der Waals surface area contributed by atoms with Gasteiger partial charge in [-0.25, -0.2) is 9.52 Å². The summed E-state index contributed by atoms with van der Waals surface area (Å²) < 4.78 is 27.3. The van der Waals surface area contributed by atoms with Crippen LogP contribution in [0.15, 0.2) is 30.3 Å². The first-order valence-corrected chi connectivity index (χ1v) is 6.67. The number of hydrogen-bond donors (Lipinski definition) is 1. The molecule has 1 amide bonds. The quantitative estimate of drug-likeness (QED) is 0.846. The number of benzene rings is 1. The molecule has 7 heteroatoms. The summed E-state index contributed by atoms with van der Waals surface area (Å²) in [6.07, 6.45) is -1.66. The summed E-state index contributed by atoms with van der Waals surface area (Å²) in [6.45, 7) is 1.62. The van der Waals surface area contributed by atoms with Crippen molar-refractivity contribution in [2.24, 2.45) is 0 Å². The Morgan fingerprint density at radius 1 is 1.38 bits per heavy atom. The smallest absolute Gasteiger partial charge is 0.422 e. The Balaban J connectivity index is 2.59. The van der Waals surface area contributed by atoms with Gasteiger partial charge in [-0.1, -0.05) is 30.3 Å². The molecule has 0 aromatic heterocycles. The SMILES string of the molecule is CC(OC(=O)NS(=O)(=O)Cl)c1ccccc1. The number of carbonyl (C=O) groups is 1. The lowest BCUT2D eigenvalue weighted by molar-refractivity contribution is 0.113. The molecule has 0 fully saturated rings. The first-order valence-electron chi connectivity index (χ1n) is 4.36. The summed E-state index contributed by atoms with van der Waals surface area (Å²) in [4.78, 5) is 11.0. The number of ether oxygens (including phenoxy) is 1. The zero-order valence-electron chi connectivity index (χ0n) is 8.38. The highest BCUT2D eigenvalue weighted by Gasteiger charge is 2.15. The number of halogens is 1. The maximum absolute atomic E-state index is 11.0. The van der Waals surface area contributed by atoms with Crippen molar-refractivity contribution >= 4 is 26.0 Å². The molecule has 1 N–H and O–H groups in total. The van der Waals surface area contributed by atoms with Crippen molar-refractivity contribution in [3.63, 3.8) is 0 Å². The monoisotopic (exact) mass is 263 g/mol. The van der Waals surface area contributed by atoms with Gasteiger partial charge in [-0.15, -0.1) is 0 Å². The Labute approximate surface area is 97.9 Å². The van der Waals surface area contributed by atoms with Gasteiger partial charge in [-0.3, -0.25) is 0 Å². The summed E-state index contributed by atoms with van der Waals surface area (Å²) in [5.74, 6) is 0. The highest BCUT2D eigenvalue weighted by atomic mass is 35.7. The molecule has 0 aliphatic carbocycles. The molecule has 1 aromatic carbocycles. The van der Waals surface area contributed by atoms with Gasteiger partial charge in [0.2, 0.25) is 0 Å². The van der Waals surface area contributed by atoms with Crippen molar-refractivity contribution in [2.75, 3.05) is 0 Å². The largest absolute Gasteiger partial charge is 0.441 e. The number of carbonyl (C=O) groups excluding carboxylic acids is 1. The van der Waals surface area contributed by atoms with Gasteiger partial charge in [0, 0.05) is 10.7 Å². The molecule has 0 aliphatic heterocycles. The van der Waals surface area contributed by atoms with Crippen LogP contribution in [0.2, 0.25) is 0 Å². The fraction of sp³-hybridized carbons (Fsp3) is 0.222. The molecule has 16 heavy (non-hydrogen) atoms. The molecule has 0 radical (unpaired) electrons. The average molecular weight is 264 g/mol. The molecular weight excluding hydrogens is 254 g/mol. The number of hydrogen-bond acceptors (Lipinski definition) is 4. The second-order valence-corrected chi connectivity index (χ2v) is 5.30. The van der Waals surface area contributed by atoms with Gasteiger partial charge in [0.05, 0.1) is 0 Å². The maximum atomic E-state index is 11.0. The van der Waals surface area contributed by atoms with Crippen molar-refractivity contribution in [3.05, 3.63) is 35.9 Å². The van der Waals surface area contributed by atoms with E-state index in [-0.39, 0.29) is 0 Å². The molecule has 5 nitrogen and oxygen atoms in total. The van der Waals surface area contributed by atoms with E-state index in [1.807, 2.05) is 6.07 Å². The number of amides is 1. The van der Waals surface area contributed by atoms with Gasteiger partial charge in [0.1, 0.15) is 6.10 Å². The van der Waals surface area contributed by atoms with E-state index < -0.39 is 21.4 Å². The summed E-state index contributed by atoms with van der Waals surface area (Å²) >= 11 is 0. The van der Waals surface area contributed by atoms with Crippen molar-refractivity contribution in [3.8, 4) is 0 Å². The van der Waals surface area contributed by atoms with Gasteiger partial charge in [0.25, 0.3) is 0 Å². The molecule has 1 atom stereocenters.